The number of rotatable bonds is 7. The van der Waals surface area contributed by atoms with E-state index in [2.05, 4.69) is 20.2 Å². The quantitative estimate of drug-likeness (QED) is 0.237. The molecule has 4 rings (SSSR count). The average Bonchev–Trinajstić information content (AvgIpc) is 3.28. The highest BCUT2D eigenvalue weighted by Gasteiger charge is 2.26. The monoisotopic (exact) mass is 441 g/mol. The molecule has 1 fully saturated rings. The van der Waals surface area contributed by atoms with Crippen molar-refractivity contribution in [2.75, 3.05) is 19.8 Å². The molecule has 0 radical (unpaired) electrons. The highest BCUT2D eigenvalue weighted by atomic mass is 35.5. The molecule has 1 unspecified atom stereocenters. The van der Waals surface area contributed by atoms with Crippen LogP contribution in [0.4, 0.5) is 5.69 Å². The molecule has 3 aromatic heterocycles. The minimum atomic E-state index is -0.498. The van der Waals surface area contributed by atoms with Crippen LogP contribution in [-0.4, -0.2) is 54.3 Å². The van der Waals surface area contributed by atoms with Gasteiger partial charge in [0.25, 0.3) is 0 Å². The number of aryl methyl sites for hydroxylation is 1. The maximum atomic E-state index is 11.3. The van der Waals surface area contributed by atoms with Gasteiger partial charge in [-0.25, -0.2) is 14.6 Å². The Kier molecular flexibility index (Phi) is 5.79. The summed E-state index contributed by atoms with van der Waals surface area (Å²) in [6, 6.07) is -0.0261. The Morgan fingerprint density at radius 2 is 2.17 bits per heavy atom. The fraction of sp³-hybridized carbons (Fsp3) is 0.500. The molecule has 4 heterocycles. The summed E-state index contributed by atoms with van der Waals surface area (Å²) in [5.74, 6) is -0.00528. The minimum absolute atomic E-state index is 0.00528. The first kappa shape index (κ1) is 19.8. The van der Waals surface area contributed by atoms with Crippen molar-refractivity contribution in [3.63, 3.8) is 0 Å². The van der Waals surface area contributed by atoms with E-state index < -0.39 is 4.92 Å². The first-order chi connectivity index (χ1) is 14.0. The average molecular weight is 442 g/mol. The van der Waals surface area contributed by atoms with Gasteiger partial charge in [-0.05, 0) is 12.8 Å². The number of aromatic nitrogens is 6. The zero-order valence-electron chi connectivity index (χ0n) is 15.2. The summed E-state index contributed by atoms with van der Waals surface area (Å²) >= 11 is 12.1. The largest absolute Gasteiger partial charge is 0.472 e. The fourth-order valence-corrected chi connectivity index (χ4v) is 3.72. The molecule has 0 aromatic carbocycles. The van der Waals surface area contributed by atoms with Crippen LogP contribution in [0.3, 0.4) is 0 Å². The summed E-state index contributed by atoms with van der Waals surface area (Å²) in [5, 5.41) is 20.7. The van der Waals surface area contributed by atoms with Crippen molar-refractivity contribution < 1.29 is 14.4 Å². The summed E-state index contributed by atoms with van der Waals surface area (Å²) in [6.07, 6.45) is 4.98. The molecule has 154 valence electrons. The first-order valence-electron chi connectivity index (χ1n) is 9.01. The summed E-state index contributed by atoms with van der Waals surface area (Å²) in [4.78, 5) is 18.9. The summed E-state index contributed by atoms with van der Waals surface area (Å²) in [6.45, 7) is 1.82. The number of ether oxygens (including phenoxy) is 2. The Hall–Kier alpha value is -2.50. The number of hydrogen-bond acceptors (Lipinski definition) is 8. The van der Waals surface area contributed by atoms with E-state index in [1.807, 2.05) is 0 Å². The lowest BCUT2D eigenvalue weighted by atomic mass is 10.1. The van der Waals surface area contributed by atoms with E-state index in [1.54, 1.807) is 9.36 Å². The van der Waals surface area contributed by atoms with Gasteiger partial charge in [-0.3, -0.25) is 14.8 Å². The van der Waals surface area contributed by atoms with Crippen LogP contribution in [-0.2, 0) is 11.3 Å². The van der Waals surface area contributed by atoms with Gasteiger partial charge < -0.3 is 9.47 Å². The molecule has 0 bridgehead atoms. The van der Waals surface area contributed by atoms with Crippen LogP contribution >= 0.6 is 23.2 Å². The lowest BCUT2D eigenvalue weighted by Gasteiger charge is -2.21. The van der Waals surface area contributed by atoms with Crippen LogP contribution in [0.25, 0.3) is 11.0 Å². The Morgan fingerprint density at radius 3 is 2.93 bits per heavy atom. The van der Waals surface area contributed by atoms with Crippen LogP contribution in [0.15, 0.2) is 12.5 Å². The lowest BCUT2D eigenvalue weighted by Crippen LogP contribution is -2.21. The predicted octanol–water partition coefficient (Wildman–Crippen LogP) is 3.06. The molecule has 11 nitrogen and oxygen atoms in total. The Morgan fingerprint density at radius 1 is 1.31 bits per heavy atom. The van der Waals surface area contributed by atoms with Crippen molar-refractivity contribution in [1.82, 2.24) is 29.5 Å². The van der Waals surface area contributed by atoms with Crippen LogP contribution < -0.4 is 4.74 Å². The smallest absolute Gasteiger partial charge is 0.350 e. The Labute approximate surface area is 174 Å². The summed E-state index contributed by atoms with van der Waals surface area (Å²) < 4.78 is 14.2. The Balaban J connectivity index is 1.41. The van der Waals surface area contributed by atoms with Crippen LogP contribution in [0.2, 0.25) is 10.3 Å². The summed E-state index contributed by atoms with van der Waals surface area (Å²) in [7, 11) is 0. The van der Waals surface area contributed by atoms with Crippen molar-refractivity contribution in [2.45, 2.75) is 31.8 Å². The zero-order valence-corrected chi connectivity index (χ0v) is 16.7. The van der Waals surface area contributed by atoms with Crippen molar-refractivity contribution in [3.05, 3.63) is 32.9 Å². The second-order valence-corrected chi connectivity index (χ2v) is 7.22. The van der Waals surface area contributed by atoms with Gasteiger partial charge in [-0.15, -0.1) is 5.10 Å². The molecule has 1 aliphatic rings. The molecule has 0 aliphatic carbocycles. The molecule has 1 saturated heterocycles. The second-order valence-electron chi connectivity index (χ2n) is 6.51. The van der Waals surface area contributed by atoms with Gasteiger partial charge in [0.1, 0.15) is 17.7 Å². The molecule has 29 heavy (non-hydrogen) atoms. The molecular formula is C16H17Cl2N7O4. The SMILES string of the molecule is O=[N+]([O-])c1cn(C2CCCOC2)nc1OCCCn1nc(Cl)c2c(Cl)ncnc21. The van der Waals surface area contributed by atoms with Crippen molar-refractivity contribution in [3.8, 4) is 5.88 Å². The van der Waals surface area contributed by atoms with Crippen molar-refractivity contribution in [2.24, 2.45) is 0 Å². The van der Waals surface area contributed by atoms with E-state index in [-0.39, 0.29) is 34.5 Å². The van der Waals surface area contributed by atoms with Crippen LogP contribution in [0, 0.1) is 10.1 Å². The molecule has 0 N–H and O–H groups in total. The van der Waals surface area contributed by atoms with E-state index in [9.17, 15) is 10.1 Å². The lowest BCUT2D eigenvalue weighted by molar-refractivity contribution is -0.386. The first-order valence-corrected chi connectivity index (χ1v) is 9.77. The van der Waals surface area contributed by atoms with Crippen molar-refractivity contribution >= 4 is 39.9 Å². The van der Waals surface area contributed by atoms with Gasteiger partial charge in [0.2, 0.25) is 0 Å². The third kappa shape index (κ3) is 4.11. The van der Waals surface area contributed by atoms with Gasteiger partial charge in [0.05, 0.1) is 29.6 Å². The molecular weight excluding hydrogens is 425 g/mol. The van der Waals surface area contributed by atoms with E-state index in [4.69, 9.17) is 32.7 Å². The fourth-order valence-electron chi connectivity index (χ4n) is 3.18. The molecule has 1 atom stereocenters. The number of nitro groups is 1. The highest BCUT2D eigenvalue weighted by Crippen LogP contribution is 2.29. The van der Waals surface area contributed by atoms with E-state index in [0.29, 0.717) is 37.2 Å². The third-order valence-corrected chi connectivity index (χ3v) is 5.13. The van der Waals surface area contributed by atoms with Gasteiger partial charge >= 0.3 is 11.6 Å². The zero-order chi connectivity index (χ0) is 20.4. The number of fused-ring (bicyclic) bond motifs is 1. The third-order valence-electron chi connectivity index (χ3n) is 4.58. The minimum Gasteiger partial charge on any atom is -0.472 e. The molecule has 13 heteroatoms. The predicted molar refractivity (Wildman–Crippen MR) is 103 cm³/mol. The van der Waals surface area contributed by atoms with Gasteiger partial charge in [0, 0.05) is 19.6 Å². The van der Waals surface area contributed by atoms with E-state index in [1.165, 1.54) is 12.5 Å². The highest BCUT2D eigenvalue weighted by molar-refractivity contribution is 6.40. The van der Waals surface area contributed by atoms with E-state index in [0.717, 1.165) is 12.8 Å². The molecule has 0 amide bonds. The van der Waals surface area contributed by atoms with E-state index >= 15 is 0 Å². The Bertz CT molecular complexity index is 1030. The van der Waals surface area contributed by atoms with Gasteiger partial charge in [-0.1, -0.05) is 23.2 Å². The number of nitrogens with zero attached hydrogens (tertiary/aromatic N) is 7. The molecule has 0 saturated carbocycles. The van der Waals surface area contributed by atoms with Crippen molar-refractivity contribution in [1.29, 1.82) is 0 Å². The second kappa shape index (κ2) is 8.47. The van der Waals surface area contributed by atoms with Gasteiger partial charge in [0.15, 0.2) is 10.8 Å². The normalized spacial score (nSPS) is 17.0. The molecule has 3 aromatic rings. The molecule has 1 aliphatic heterocycles. The topological polar surface area (TPSA) is 123 Å². The maximum Gasteiger partial charge on any atom is 0.350 e. The maximum absolute atomic E-state index is 11.3. The summed E-state index contributed by atoms with van der Waals surface area (Å²) in [5.41, 5.74) is 0.352. The number of hydrogen-bond donors (Lipinski definition) is 0. The van der Waals surface area contributed by atoms with Gasteiger partial charge in [-0.2, -0.15) is 5.10 Å². The number of halogens is 2. The van der Waals surface area contributed by atoms with Crippen LogP contribution in [0.1, 0.15) is 25.3 Å². The molecule has 0 spiro atoms. The van der Waals surface area contributed by atoms with Crippen LogP contribution in [0.5, 0.6) is 5.88 Å². The standard InChI is InChI=1S/C16H17Cl2N7O4/c17-13-12-14(18)21-23(15(12)20-9-19-13)4-2-6-29-16-11(25(26)27)7-24(22-16)10-3-1-5-28-8-10/h7,9-10H,1-6,8H2.